The molecule has 1 amide bonds. The number of hydrogen-bond donors (Lipinski definition) is 1. The molecular formula is C17H12Cl2N2O2. The van der Waals surface area contributed by atoms with Crippen LogP contribution in [0.3, 0.4) is 0 Å². The molecule has 4 nitrogen and oxygen atoms in total. The molecule has 2 aromatic carbocycles. The van der Waals surface area contributed by atoms with E-state index in [2.05, 4.69) is 5.32 Å². The summed E-state index contributed by atoms with van der Waals surface area (Å²) in [6.45, 7) is 0. The van der Waals surface area contributed by atoms with Crippen molar-refractivity contribution >= 4 is 45.7 Å². The number of anilines is 1. The molecule has 0 radical (unpaired) electrons. The number of carbonyl (C=O) groups is 1. The average Bonchev–Trinajstić information content (AvgIpc) is 2.50. The Morgan fingerprint density at radius 2 is 1.74 bits per heavy atom. The van der Waals surface area contributed by atoms with E-state index in [0.29, 0.717) is 21.1 Å². The van der Waals surface area contributed by atoms with Crippen LogP contribution >= 0.6 is 23.2 Å². The fourth-order valence-electron chi connectivity index (χ4n) is 2.43. The minimum Gasteiger partial charge on any atom is -0.350 e. The number of halogens is 2. The number of para-hydroxylation sites is 1. The summed E-state index contributed by atoms with van der Waals surface area (Å²) in [7, 11) is 1.79. The Kier molecular flexibility index (Phi) is 4.11. The number of fused-ring (bicyclic) bond motifs is 1. The lowest BCUT2D eigenvalue weighted by Crippen LogP contribution is -2.23. The number of benzene rings is 2. The van der Waals surface area contributed by atoms with Gasteiger partial charge < -0.3 is 9.88 Å². The lowest BCUT2D eigenvalue weighted by Gasteiger charge is -2.10. The number of rotatable bonds is 2. The van der Waals surface area contributed by atoms with Gasteiger partial charge in [0.05, 0.1) is 5.52 Å². The Labute approximate surface area is 142 Å². The Balaban J connectivity index is 2.04. The monoisotopic (exact) mass is 346 g/mol. The van der Waals surface area contributed by atoms with Gasteiger partial charge in [-0.25, -0.2) is 0 Å². The predicted octanol–water partition coefficient (Wildman–Crippen LogP) is 4.10. The number of hydrogen-bond acceptors (Lipinski definition) is 2. The van der Waals surface area contributed by atoms with E-state index >= 15 is 0 Å². The van der Waals surface area contributed by atoms with Crippen molar-refractivity contribution in [2.24, 2.45) is 7.05 Å². The number of aromatic nitrogens is 1. The van der Waals surface area contributed by atoms with Crippen molar-refractivity contribution in [1.29, 1.82) is 0 Å². The summed E-state index contributed by atoms with van der Waals surface area (Å²) in [6, 6.07) is 11.8. The van der Waals surface area contributed by atoms with Gasteiger partial charge in [0.1, 0.15) is 5.56 Å². The van der Waals surface area contributed by atoms with Crippen LogP contribution in [0, 0.1) is 0 Å². The molecule has 0 aliphatic heterocycles. The standard InChI is InChI=1S/C17H12Cl2N2O2/c1-21-9-14(16(22)13-4-2-3-5-15(13)21)17(23)20-12-7-10(18)6-11(19)8-12/h2-9H,1H3,(H,20,23). The molecule has 1 aromatic heterocycles. The van der Waals surface area contributed by atoms with Crippen LogP contribution < -0.4 is 10.7 Å². The highest BCUT2D eigenvalue weighted by Gasteiger charge is 2.15. The molecule has 0 atom stereocenters. The van der Waals surface area contributed by atoms with Gasteiger partial charge in [-0.05, 0) is 30.3 Å². The Morgan fingerprint density at radius 1 is 1.09 bits per heavy atom. The molecule has 1 N–H and O–H groups in total. The van der Waals surface area contributed by atoms with Crippen LogP contribution in [0.5, 0.6) is 0 Å². The number of pyridine rings is 1. The third-order valence-electron chi connectivity index (χ3n) is 3.46. The maximum atomic E-state index is 12.5. The maximum Gasteiger partial charge on any atom is 0.261 e. The van der Waals surface area contributed by atoms with Gasteiger partial charge in [0.2, 0.25) is 5.43 Å². The minimum atomic E-state index is -0.505. The van der Waals surface area contributed by atoms with Gasteiger partial charge in [-0.15, -0.1) is 0 Å². The van der Waals surface area contributed by atoms with Crippen LogP contribution in [0.2, 0.25) is 10.0 Å². The van der Waals surface area contributed by atoms with Gasteiger partial charge in [0, 0.05) is 34.4 Å². The molecule has 0 saturated heterocycles. The number of nitrogens with zero attached hydrogens (tertiary/aromatic N) is 1. The van der Waals surface area contributed by atoms with Gasteiger partial charge in [-0.1, -0.05) is 35.3 Å². The molecule has 3 rings (SSSR count). The molecule has 0 aliphatic rings. The minimum absolute atomic E-state index is 0.0577. The zero-order chi connectivity index (χ0) is 16.6. The molecule has 0 saturated carbocycles. The van der Waals surface area contributed by atoms with E-state index in [-0.39, 0.29) is 11.0 Å². The van der Waals surface area contributed by atoms with Crippen molar-refractivity contribution in [3.63, 3.8) is 0 Å². The molecule has 6 heteroatoms. The van der Waals surface area contributed by atoms with Crippen LogP contribution in [-0.2, 0) is 7.05 Å². The Hall–Kier alpha value is -2.30. The van der Waals surface area contributed by atoms with Gasteiger partial charge in [0.25, 0.3) is 5.91 Å². The first kappa shape index (κ1) is 15.6. The van der Waals surface area contributed by atoms with Gasteiger partial charge in [-0.3, -0.25) is 9.59 Å². The molecule has 0 fully saturated rings. The Bertz CT molecular complexity index is 960. The van der Waals surface area contributed by atoms with E-state index in [1.54, 1.807) is 41.9 Å². The molecule has 0 aliphatic carbocycles. The van der Waals surface area contributed by atoms with Crippen molar-refractivity contribution in [3.05, 3.63) is 74.5 Å². The van der Waals surface area contributed by atoms with Gasteiger partial charge >= 0.3 is 0 Å². The van der Waals surface area contributed by atoms with Crippen LogP contribution in [-0.4, -0.2) is 10.5 Å². The zero-order valence-electron chi connectivity index (χ0n) is 12.1. The predicted molar refractivity (Wildman–Crippen MR) is 93.6 cm³/mol. The summed E-state index contributed by atoms with van der Waals surface area (Å²) in [4.78, 5) is 25.0. The first-order chi connectivity index (χ1) is 11.0. The number of amides is 1. The van der Waals surface area contributed by atoms with Crippen LogP contribution in [0.4, 0.5) is 5.69 Å². The zero-order valence-corrected chi connectivity index (χ0v) is 13.7. The molecule has 116 valence electrons. The Morgan fingerprint density at radius 3 is 2.43 bits per heavy atom. The first-order valence-electron chi connectivity index (χ1n) is 6.81. The van der Waals surface area contributed by atoms with E-state index < -0.39 is 5.91 Å². The van der Waals surface area contributed by atoms with E-state index in [0.717, 1.165) is 5.52 Å². The largest absolute Gasteiger partial charge is 0.350 e. The normalized spacial score (nSPS) is 10.7. The summed E-state index contributed by atoms with van der Waals surface area (Å²) in [6.07, 6.45) is 1.52. The SMILES string of the molecule is Cn1cc(C(=O)Nc2cc(Cl)cc(Cl)c2)c(=O)c2ccccc21. The summed E-state index contributed by atoms with van der Waals surface area (Å²) in [5.74, 6) is -0.505. The van der Waals surface area contributed by atoms with Gasteiger partial charge in [0.15, 0.2) is 0 Å². The highest BCUT2D eigenvalue weighted by atomic mass is 35.5. The van der Waals surface area contributed by atoms with E-state index in [1.807, 2.05) is 12.1 Å². The van der Waals surface area contributed by atoms with Gasteiger partial charge in [-0.2, -0.15) is 0 Å². The summed E-state index contributed by atoms with van der Waals surface area (Å²) in [5.41, 5.74) is 0.939. The molecule has 0 spiro atoms. The fraction of sp³-hybridized carbons (Fsp3) is 0.0588. The van der Waals surface area contributed by atoms with E-state index in [9.17, 15) is 9.59 Å². The molecule has 23 heavy (non-hydrogen) atoms. The fourth-order valence-corrected chi connectivity index (χ4v) is 2.95. The first-order valence-corrected chi connectivity index (χ1v) is 7.57. The highest BCUT2D eigenvalue weighted by molar-refractivity contribution is 6.35. The van der Waals surface area contributed by atoms with Crippen molar-refractivity contribution in [3.8, 4) is 0 Å². The third kappa shape index (κ3) is 3.09. The summed E-state index contributed by atoms with van der Waals surface area (Å²) < 4.78 is 1.75. The quantitative estimate of drug-likeness (QED) is 0.759. The van der Waals surface area contributed by atoms with E-state index in [4.69, 9.17) is 23.2 Å². The maximum absolute atomic E-state index is 12.5. The molecule has 1 heterocycles. The van der Waals surface area contributed by atoms with E-state index in [1.165, 1.54) is 6.20 Å². The highest BCUT2D eigenvalue weighted by Crippen LogP contribution is 2.22. The lowest BCUT2D eigenvalue weighted by molar-refractivity contribution is 0.102. The number of nitrogens with one attached hydrogen (secondary N) is 1. The number of carbonyl (C=O) groups excluding carboxylic acids is 1. The third-order valence-corrected chi connectivity index (χ3v) is 3.90. The summed E-state index contributed by atoms with van der Waals surface area (Å²) >= 11 is 11.8. The number of aryl methyl sites for hydroxylation is 1. The topological polar surface area (TPSA) is 51.1 Å². The van der Waals surface area contributed by atoms with Crippen molar-refractivity contribution in [2.45, 2.75) is 0 Å². The van der Waals surface area contributed by atoms with Crippen LogP contribution in [0.25, 0.3) is 10.9 Å². The van der Waals surface area contributed by atoms with Crippen LogP contribution in [0.15, 0.2) is 53.5 Å². The molecular weight excluding hydrogens is 335 g/mol. The lowest BCUT2D eigenvalue weighted by atomic mass is 10.1. The molecule has 0 bridgehead atoms. The van der Waals surface area contributed by atoms with Crippen molar-refractivity contribution in [1.82, 2.24) is 4.57 Å². The second kappa shape index (κ2) is 6.07. The summed E-state index contributed by atoms with van der Waals surface area (Å²) in [5, 5.41) is 3.95. The van der Waals surface area contributed by atoms with Crippen LogP contribution in [0.1, 0.15) is 10.4 Å². The second-order valence-electron chi connectivity index (χ2n) is 5.11. The van der Waals surface area contributed by atoms with Crippen molar-refractivity contribution < 1.29 is 4.79 Å². The van der Waals surface area contributed by atoms with Crippen molar-refractivity contribution in [2.75, 3.05) is 5.32 Å². The second-order valence-corrected chi connectivity index (χ2v) is 5.99. The average molecular weight is 347 g/mol. The smallest absolute Gasteiger partial charge is 0.261 e. The molecule has 0 unspecified atom stereocenters. The molecule has 3 aromatic rings.